The van der Waals surface area contributed by atoms with Crippen LogP contribution >= 0.6 is 15.9 Å². The SMILES string of the molecule is N#CCC(Br)c1c(F)c(F)c(F)c(F)c1F. The van der Waals surface area contributed by atoms with Gasteiger partial charge in [-0.15, -0.1) is 0 Å². The van der Waals surface area contributed by atoms with Gasteiger partial charge in [0.2, 0.25) is 5.82 Å². The van der Waals surface area contributed by atoms with Gasteiger partial charge in [0.05, 0.1) is 17.3 Å². The fourth-order valence-corrected chi connectivity index (χ4v) is 1.63. The fraction of sp³-hybridized carbons (Fsp3) is 0.222. The highest BCUT2D eigenvalue weighted by molar-refractivity contribution is 9.09. The van der Waals surface area contributed by atoms with Gasteiger partial charge in [-0.05, 0) is 0 Å². The molecule has 0 N–H and O–H groups in total. The van der Waals surface area contributed by atoms with Crippen molar-refractivity contribution in [2.75, 3.05) is 0 Å². The van der Waals surface area contributed by atoms with Crippen LogP contribution in [-0.2, 0) is 0 Å². The number of halogens is 6. The van der Waals surface area contributed by atoms with E-state index in [9.17, 15) is 22.0 Å². The van der Waals surface area contributed by atoms with Gasteiger partial charge in [-0.25, -0.2) is 22.0 Å². The molecule has 1 atom stereocenters. The lowest BCUT2D eigenvalue weighted by atomic mass is 10.1. The van der Waals surface area contributed by atoms with Crippen molar-refractivity contribution in [2.24, 2.45) is 0 Å². The normalized spacial score (nSPS) is 12.3. The first-order valence-corrected chi connectivity index (χ1v) is 4.85. The molecule has 0 aliphatic carbocycles. The molecule has 0 radical (unpaired) electrons. The van der Waals surface area contributed by atoms with Crippen LogP contribution < -0.4 is 0 Å². The van der Waals surface area contributed by atoms with Gasteiger partial charge in [0.25, 0.3) is 0 Å². The molecule has 0 aliphatic rings. The van der Waals surface area contributed by atoms with E-state index in [4.69, 9.17) is 5.26 Å². The summed E-state index contributed by atoms with van der Waals surface area (Å²) in [6.07, 6.45) is -0.418. The van der Waals surface area contributed by atoms with Crippen LogP contribution in [0.4, 0.5) is 22.0 Å². The Morgan fingerprint density at radius 1 is 0.938 bits per heavy atom. The van der Waals surface area contributed by atoms with Crippen molar-refractivity contribution < 1.29 is 22.0 Å². The van der Waals surface area contributed by atoms with Crippen molar-refractivity contribution in [1.82, 2.24) is 0 Å². The predicted molar refractivity (Wildman–Crippen MR) is 48.1 cm³/mol. The number of nitrogens with zero attached hydrogens (tertiary/aromatic N) is 1. The Labute approximate surface area is 95.6 Å². The molecule has 1 aromatic carbocycles. The highest BCUT2D eigenvalue weighted by Crippen LogP contribution is 2.34. The topological polar surface area (TPSA) is 23.8 Å². The molecule has 0 aliphatic heterocycles. The third-order valence-electron chi connectivity index (χ3n) is 1.83. The number of hydrogen-bond donors (Lipinski definition) is 0. The number of alkyl halides is 1. The van der Waals surface area contributed by atoms with Gasteiger partial charge in [-0.1, -0.05) is 15.9 Å². The lowest BCUT2D eigenvalue weighted by Gasteiger charge is -2.10. The first-order chi connectivity index (χ1) is 7.41. The van der Waals surface area contributed by atoms with Gasteiger partial charge in [-0.3, -0.25) is 0 Å². The summed E-state index contributed by atoms with van der Waals surface area (Å²) in [5.41, 5.74) is -1.03. The van der Waals surface area contributed by atoms with Gasteiger partial charge in [0, 0.05) is 5.56 Å². The Morgan fingerprint density at radius 2 is 1.31 bits per heavy atom. The van der Waals surface area contributed by atoms with Crippen LogP contribution in [-0.4, -0.2) is 0 Å². The lowest BCUT2D eigenvalue weighted by Crippen LogP contribution is -2.08. The smallest absolute Gasteiger partial charge is 0.200 e. The number of benzene rings is 1. The molecule has 1 nitrogen and oxygen atoms in total. The van der Waals surface area contributed by atoms with E-state index in [0.717, 1.165) is 0 Å². The maximum Gasteiger partial charge on any atom is 0.200 e. The highest BCUT2D eigenvalue weighted by atomic mass is 79.9. The van der Waals surface area contributed by atoms with Crippen LogP contribution in [0.1, 0.15) is 16.8 Å². The molecular formula is C9H3BrF5N. The van der Waals surface area contributed by atoms with E-state index in [-0.39, 0.29) is 0 Å². The molecule has 16 heavy (non-hydrogen) atoms. The Balaban J connectivity index is 3.46. The summed E-state index contributed by atoms with van der Waals surface area (Å²) in [6, 6.07) is 1.56. The fourth-order valence-electron chi connectivity index (χ4n) is 1.08. The zero-order valence-corrected chi connectivity index (χ0v) is 9.09. The van der Waals surface area contributed by atoms with Crippen molar-refractivity contribution in [3.8, 4) is 6.07 Å². The molecular weight excluding hydrogens is 297 g/mol. The van der Waals surface area contributed by atoms with Crippen molar-refractivity contribution in [3.63, 3.8) is 0 Å². The second kappa shape index (κ2) is 4.78. The van der Waals surface area contributed by atoms with Crippen LogP contribution in [0.2, 0.25) is 0 Å². The Bertz CT molecular complexity index is 439. The second-order valence-electron chi connectivity index (χ2n) is 2.81. The van der Waals surface area contributed by atoms with E-state index in [0.29, 0.717) is 0 Å². The summed E-state index contributed by atoms with van der Waals surface area (Å²) in [6.45, 7) is 0. The molecule has 0 fully saturated rings. The van der Waals surface area contributed by atoms with E-state index < -0.39 is 45.9 Å². The zero-order valence-electron chi connectivity index (χ0n) is 7.50. The summed E-state index contributed by atoms with van der Waals surface area (Å²) in [4.78, 5) is -1.25. The standard InChI is InChI=1S/C9H3BrF5N/c10-3(1-2-16)4-5(11)7(13)9(15)8(14)6(4)12/h3H,1H2. The molecule has 1 unspecified atom stereocenters. The second-order valence-corrected chi connectivity index (χ2v) is 3.92. The Kier molecular flexibility index (Phi) is 3.86. The van der Waals surface area contributed by atoms with Gasteiger partial charge in [0.15, 0.2) is 23.3 Å². The first kappa shape index (κ1) is 12.9. The molecule has 7 heteroatoms. The van der Waals surface area contributed by atoms with E-state index >= 15 is 0 Å². The lowest BCUT2D eigenvalue weighted by molar-refractivity contribution is 0.370. The summed E-state index contributed by atoms with van der Waals surface area (Å²) < 4.78 is 64.3. The Morgan fingerprint density at radius 3 is 1.69 bits per heavy atom. The zero-order chi connectivity index (χ0) is 12.5. The highest BCUT2D eigenvalue weighted by Gasteiger charge is 2.29. The van der Waals surface area contributed by atoms with Crippen molar-refractivity contribution in [3.05, 3.63) is 34.6 Å². The summed E-state index contributed by atoms with van der Waals surface area (Å²) >= 11 is 2.68. The molecule has 0 saturated carbocycles. The third kappa shape index (κ3) is 2.02. The molecule has 0 bridgehead atoms. The molecule has 0 amide bonds. The van der Waals surface area contributed by atoms with Crippen LogP contribution in [0, 0.1) is 40.4 Å². The average molecular weight is 300 g/mol. The maximum atomic E-state index is 13.1. The summed E-state index contributed by atoms with van der Waals surface area (Å²) in [5.74, 6) is -10.1. The van der Waals surface area contributed by atoms with Crippen LogP contribution in [0.5, 0.6) is 0 Å². The number of rotatable bonds is 2. The monoisotopic (exact) mass is 299 g/mol. The minimum atomic E-state index is -2.21. The van der Waals surface area contributed by atoms with Crippen molar-refractivity contribution in [1.29, 1.82) is 5.26 Å². The van der Waals surface area contributed by atoms with Crippen LogP contribution in [0.3, 0.4) is 0 Å². The first-order valence-electron chi connectivity index (χ1n) is 3.94. The minimum absolute atomic E-state index is 0.418. The number of hydrogen-bond acceptors (Lipinski definition) is 1. The van der Waals surface area contributed by atoms with Crippen molar-refractivity contribution >= 4 is 15.9 Å². The van der Waals surface area contributed by atoms with Gasteiger partial charge >= 0.3 is 0 Å². The molecule has 86 valence electrons. The largest absolute Gasteiger partial charge is 0.203 e. The average Bonchev–Trinajstić information content (AvgIpc) is 2.24. The maximum absolute atomic E-state index is 13.1. The van der Waals surface area contributed by atoms with Crippen molar-refractivity contribution in [2.45, 2.75) is 11.2 Å². The van der Waals surface area contributed by atoms with Gasteiger partial charge < -0.3 is 0 Å². The van der Waals surface area contributed by atoms with Gasteiger partial charge in [-0.2, -0.15) is 5.26 Å². The van der Waals surface area contributed by atoms with E-state index in [1.165, 1.54) is 0 Å². The quantitative estimate of drug-likeness (QED) is 0.353. The summed E-state index contributed by atoms with van der Waals surface area (Å²) in [7, 11) is 0. The number of nitriles is 1. The molecule has 1 aromatic rings. The van der Waals surface area contributed by atoms with E-state index in [1.807, 2.05) is 0 Å². The molecule has 1 rings (SSSR count). The Hall–Kier alpha value is -1.16. The van der Waals surface area contributed by atoms with Crippen LogP contribution in [0.25, 0.3) is 0 Å². The molecule has 0 spiro atoms. The third-order valence-corrected chi connectivity index (χ3v) is 2.61. The van der Waals surface area contributed by atoms with Gasteiger partial charge in [0.1, 0.15) is 0 Å². The van der Waals surface area contributed by atoms with E-state index in [2.05, 4.69) is 15.9 Å². The van der Waals surface area contributed by atoms with Crippen LogP contribution in [0.15, 0.2) is 0 Å². The minimum Gasteiger partial charge on any atom is -0.203 e. The summed E-state index contributed by atoms with van der Waals surface area (Å²) in [5, 5.41) is 8.29. The predicted octanol–water partition coefficient (Wildman–Crippen LogP) is 3.73. The van der Waals surface area contributed by atoms with E-state index in [1.54, 1.807) is 6.07 Å². The molecule has 0 aromatic heterocycles. The molecule has 0 saturated heterocycles. The molecule has 0 heterocycles.